The smallest absolute Gasteiger partial charge is 0.337 e. The van der Waals surface area contributed by atoms with E-state index < -0.39 is 5.97 Å². The number of ether oxygens (including phenoxy) is 2. The highest BCUT2D eigenvalue weighted by Gasteiger charge is 2.19. The van der Waals surface area contributed by atoms with Crippen molar-refractivity contribution >= 4 is 11.9 Å². The minimum Gasteiger partial charge on any atom is -0.465 e. The number of rotatable bonds is 7. The van der Waals surface area contributed by atoms with Crippen LogP contribution in [0.1, 0.15) is 39.4 Å². The number of benzene rings is 3. The summed E-state index contributed by atoms with van der Waals surface area (Å²) in [6.45, 7) is 0.163. The van der Waals surface area contributed by atoms with Crippen LogP contribution in [0.2, 0.25) is 0 Å². The zero-order chi connectivity index (χ0) is 19.8. The summed E-state index contributed by atoms with van der Waals surface area (Å²) in [6, 6.07) is 26.7. The average Bonchev–Trinajstić information content (AvgIpc) is 2.77. The Bertz CT molecular complexity index is 863. The molecule has 0 amide bonds. The molecular weight excluding hydrogens is 352 g/mol. The molecule has 3 aromatic rings. The van der Waals surface area contributed by atoms with Crippen LogP contribution in [0.4, 0.5) is 0 Å². The van der Waals surface area contributed by atoms with Gasteiger partial charge < -0.3 is 9.47 Å². The van der Waals surface area contributed by atoms with Crippen LogP contribution in [0.5, 0.6) is 0 Å². The van der Waals surface area contributed by atoms with Crippen molar-refractivity contribution in [2.45, 2.75) is 18.9 Å². The first-order chi connectivity index (χ1) is 13.7. The quantitative estimate of drug-likeness (QED) is 0.561. The van der Waals surface area contributed by atoms with Crippen LogP contribution in [-0.2, 0) is 20.9 Å². The van der Waals surface area contributed by atoms with Crippen molar-refractivity contribution in [3.05, 3.63) is 107 Å². The van der Waals surface area contributed by atoms with E-state index in [1.54, 1.807) is 24.3 Å². The third-order valence-corrected chi connectivity index (χ3v) is 4.55. The molecule has 0 bridgehead atoms. The fraction of sp³-hybridized carbons (Fsp3) is 0.167. The number of hydrogen-bond donors (Lipinski definition) is 0. The van der Waals surface area contributed by atoms with Gasteiger partial charge in [-0.25, -0.2) is 4.79 Å². The second kappa shape index (κ2) is 9.51. The zero-order valence-corrected chi connectivity index (χ0v) is 15.7. The van der Waals surface area contributed by atoms with Crippen LogP contribution in [0.3, 0.4) is 0 Å². The van der Waals surface area contributed by atoms with E-state index in [1.165, 1.54) is 7.11 Å². The van der Waals surface area contributed by atoms with Crippen molar-refractivity contribution in [2.24, 2.45) is 0 Å². The molecule has 3 rings (SSSR count). The van der Waals surface area contributed by atoms with Crippen LogP contribution >= 0.6 is 0 Å². The van der Waals surface area contributed by atoms with Crippen molar-refractivity contribution in [3.8, 4) is 0 Å². The number of hydrogen-bond acceptors (Lipinski definition) is 4. The maximum absolute atomic E-state index is 12.5. The van der Waals surface area contributed by atoms with Gasteiger partial charge in [0.05, 0.1) is 19.1 Å². The molecule has 0 spiro atoms. The van der Waals surface area contributed by atoms with E-state index in [4.69, 9.17) is 4.74 Å². The number of methoxy groups -OCH3 is 1. The first-order valence-electron chi connectivity index (χ1n) is 9.10. The molecule has 4 heteroatoms. The molecule has 0 saturated carbocycles. The highest BCUT2D eigenvalue weighted by Crippen LogP contribution is 2.28. The largest absolute Gasteiger partial charge is 0.465 e. The summed E-state index contributed by atoms with van der Waals surface area (Å²) < 4.78 is 10.2. The Hall–Kier alpha value is -3.40. The van der Waals surface area contributed by atoms with Gasteiger partial charge in [-0.05, 0) is 28.8 Å². The predicted molar refractivity (Wildman–Crippen MR) is 107 cm³/mol. The van der Waals surface area contributed by atoms with Crippen LogP contribution in [0, 0.1) is 0 Å². The summed E-state index contributed by atoms with van der Waals surface area (Å²) in [7, 11) is 1.34. The number of carbonyl (C=O) groups excluding carboxylic acids is 2. The molecule has 0 aliphatic carbocycles. The van der Waals surface area contributed by atoms with Gasteiger partial charge in [0.2, 0.25) is 0 Å². The molecule has 3 aromatic carbocycles. The fourth-order valence-electron chi connectivity index (χ4n) is 3.04. The molecular formula is C24H22O4. The van der Waals surface area contributed by atoms with E-state index in [-0.39, 0.29) is 24.9 Å². The first kappa shape index (κ1) is 19.4. The second-order valence-corrected chi connectivity index (χ2v) is 6.43. The molecule has 0 N–H and O–H groups in total. The molecule has 0 radical (unpaired) electrons. The summed E-state index contributed by atoms with van der Waals surface area (Å²) in [4.78, 5) is 24.0. The Morgan fingerprint density at radius 1 is 0.786 bits per heavy atom. The lowest BCUT2D eigenvalue weighted by Gasteiger charge is -2.17. The van der Waals surface area contributed by atoms with E-state index in [2.05, 4.69) is 4.74 Å². The molecule has 0 fully saturated rings. The van der Waals surface area contributed by atoms with Gasteiger partial charge in [-0.15, -0.1) is 0 Å². The Kier molecular flexibility index (Phi) is 6.58. The third kappa shape index (κ3) is 5.07. The molecule has 0 aliphatic rings. The Morgan fingerprint density at radius 2 is 1.32 bits per heavy atom. The first-order valence-corrected chi connectivity index (χ1v) is 9.10. The van der Waals surface area contributed by atoms with Crippen LogP contribution in [0.25, 0.3) is 0 Å². The number of carbonyl (C=O) groups is 2. The average molecular weight is 374 g/mol. The van der Waals surface area contributed by atoms with Gasteiger partial charge in [-0.2, -0.15) is 0 Å². The number of esters is 2. The Balaban J connectivity index is 1.65. The summed E-state index contributed by atoms with van der Waals surface area (Å²) in [6.07, 6.45) is 0.258. The molecule has 0 unspecified atom stereocenters. The summed E-state index contributed by atoms with van der Waals surface area (Å²) in [5.74, 6) is -0.719. The van der Waals surface area contributed by atoms with Crippen LogP contribution in [0.15, 0.2) is 84.9 Å². The summed E-state index contributed by atoms with van der Waals surface area (Å²) in [5.41, 5.74) is 3.43. The lowest BCUT2D eigenvalue weighted by atomic mass is 9.89. The molecule has 0 heterocycles. The Morgan fingerprint density at radius 3 is 1.82 bits per heavy atom. The van der Waals surface area contributed by atoms with Crippen molar-refractivity contribution in [1.82, 2.24) is 0 Å². The van der Waals surface area contributed by atoms with E-state index in [0.717, 1.165) is 16.7 Å². The van der Waals surface area contributed by atoms with Crippen molar-refractivity contribution in [3.63, 3.8) is 0 Å². The molecule has 0 aliphatic heterocycles. The van der Waals surface area contributed by atoms with Gasteiger partial charge in [0.1, 0.15) is 6.61 Å². The van der Waals surface area contributed by atoms with E-state index >= 15 is 0 Å². The van der Waals surface area contributed by atoms with Gasteiger partial charge in [0.15, 0.2) is 0 Å². The van der Waals surface area contributed by atoms with E-state index in [0.29, 0.717) is 5.56 Å². The van der Waals surface area contributed by atoms with Crippen molar-refractivity contribution in [1.29, 1.82) is 0 Å². The minimum atomic E-state index is -0.392. The van der Waals surface area contributed by atoms with Crippen molar-refractivity contribution in [2.75, 3.05) is 7.11 Å². The lowest BCUT2D eigenvalue weighted by molar-refractivity contribution is -0.145. The topological polar surface area (TPSA) is 52.6 Å². The van der Waals surface area contributed by atoms with Gasteiger partial charge in [-0.3, -0.25) is 4.79 Å². The highest BCUT2D eigenvalue weighted by molar-refractivity contribution is 5.89. The summed E-state index contributed by atoms with van der Waals surface area (Å²) in [5, 5.41) is 0. The van der Waals surface area contributed by atoms with Crippen LogP contribution in [-0.4, -0.2) is 19.0 Å². The van der Waals surface area contributed by atoms with Gasteiger partial charge in [-0.1, -0.05) is 72.8 Å². The fourth-order valence-corrected chi connectivity index (χ4v) is 3.04. The molecule has 142 valence electrons. The predicted octanol–water partition coefficient (Wildman–Crippen LogP) is 4.74. The van der Waals surface area contributed by atoms with E-state index in [1.807, 2.05) is 60.7 Å². The molecule has 0 saturated heterocycles. The van der Waals surface area contributed by atoms with Gasteiger partial charge in [0.25, 0.3) is 0 Å². The highest BCUT2D eigenvalue weighted by atomic mass is 16.5. The third-order valence-electron chi connectivity index (χ3n) is 4.55. The van der Waals surface area contributed by atoms with Crippen LogP contribution < -0.4 is 0 Å². The standard InChI is InChI=1S/C24H22O4/c1-27-24(26)21-14-12-18(13-15-21)17-28-23(25)16-22(19-8-4-2-5-9-19)20-10-6-3-7-11-20/h2-15,22H,16-17H2,1H3. The van der Waals surface area contributed by atoms with Gasteiger partial charge in [0, 0.05) is 5.92 Å². The molecule has 28 heavy (non-hydrogen) atoms. The molecule has 0 atom stereocenters. The zero-order valence-electron chi connectivity index (χ0n) is 15.7. The normalized spacial score (nSPS) is 10.5. The van der Waals surface area contributed by atoms with E-state index in [9.17, 15) is 9.59 Å². The molecule has 0 aromatic heterocycles. The Labute approximate surface area is 164 Å². The maximum Gasteiger partial charge on any atom is 0.337 e. The monoisotopic (exact) mass is 374 g/mol. The van der Waals surface area contributed by atoms with Gasteiger partial charge >= 0.3 is 11.9 Å². The van der Waals surface area contributed by atoms with Crippen molar-refractivity contribution < 1.29 is 19.1 Å². The maximum atomic E-state index is 12.5. The molecule has 4 nitrogen and oxygen atoms in total. The summed E-state index contributed by atoms with van der Waals surface area (Å²) >= 11 is 0. The lowest BCUT2D eigenvalue weighted by Crippen LogP contribution is -2.12. The minimum absolute atomic E-state index is 0.0587. The SMILES string of the molecule is COC(=O)c1ccc(COC(=O)CC(c2ccccc2)c2ccccc2)cc1. The second-order valence-electron chi connectivity index (χ2n) is 6.43.